The first-order valence-corrected chi connectivity index (χ1v) is 8.83. The number of hydrogen-bond acceptors (Lipinski definition) is 4. The van der Waals surface area contributed by atoms with E-state index in [9.17, 15) is 0 Å². The average Bonchev–Trinajstić information content (AvgIpc) is 3.12. The average molecular weight is 347 g/mol. The van der Waals surface area contributed by atoms with Crippen molar-refractivity contribution >= 4 is 17.3 Å². The fourth-order valence-electron chi connectivity index (χ4n) is 2.33. The van der Waals surface area contributed by atoms with Gasteiger partial charge in [0.15, 0.2) is 5.96 Å². The minimum atomic E-state index is 0.677. The number of hydrogen-bond donors (Lipinski definition) is 1. The number of nitrogens with zero attached hydrogens (tertiary/aromatic N) is 2. The van der Waals surface area contributed by atoms with Gasteiger partial charge in [0.2, 0.25) is 0 Å². The molecule has 0 aliphatic rings. The number of guanidine groups is 1. The molecule has 24 heavy (non-hydrogen) atoms. The Morgan fingerprint density at radius 3 is 2.71 bits per heavy atom. The van der Waals surface area contributed by atoms with Gasteiger partial charge in [-0.15, -0.1) is 0 Å². The van der Waals surface area contributed by atoms with Crippen LogP contribution in [0.15, 0.2) is 40.0 Å². The van der Waals surface area contributed by atoms with Crippen LogP contribution in [0.4, 0.5) is 0 Å². The van der Waals surface area contributed by atoms with Crippen molar-refractivity contribution in [1.82, 2.24) is 10.2 Å². The summed E-state index contributed by atoms with van der Waals surface area (Å²) < 4.78 is 10.7. The summed E-state index contributed by atoms with van der Waals surface area (Å²) in [4.78, 5) is 6.81. The number of aliphatic imine (C=N–C) groups is 1. The van der Waals surface area contributed by atoms with Crippen LogP contribution in [-0.2, 0) is 13.1 Å². The molecule has 0 saturated heterocycles. The first-order chi connectivity index (χ1) is 11.7. The molecule has 0 fully saturated rings. The zero-order chi connectivity index (χ0) is 17.4. The largest absolute Gasteiger partial charge is 0.497 e. The molecule has 0 spiro atoms. The van der Waals surface area contributed by atoms with Gasteiger partial charge >= 0.3 is 0 Å². The molecule has 6 heteroatoms. The molecule has 0 aliphatic carbocycles. The number of methoxy groups -OCH3 is 2. The Kier molecular flexibility index (Phi) is 6.93. The molecule has 1 N–H and O–H groups in total. The predicted molar refractivity (Wildman–Crippen MR) is 100 cm³/mol. The van der Waals surface area contributed by atoms with Crippen LogP contribution in [-0.4, -0.2) is 38.7 Å². The lowest BCUT2D eigenvalue weighted by Gasteiger charge is -2.23. The van der Waals surface area contributed by atoms with Crippen molar-refractivity contribution in [3.8, 4) is 11.5 Å². The summed E-state index contributed by atoms with van der Waals surface area (Å²) in [5.74, 6) is 2.48. The molecule has 1 heterocycles. The highest BCUT2D eigenvalue weighted by Gasteiger charge is 2.11. The third-order valence-electron chi connectivity index (χ3n) is 3.59. The van der Waals surface area contributed by atoms with E-state index in [2.05, 4.69) is 34.0 Å². The predicted octanol–water partition coefficient (Wildman–Crippen LogP) is 3.36. The second-order valence-corrected chi connectivity index (χ2v) is 6.12. The molecular formula is C18H25N3O2S. The Labute approximate surface area is 147 Å². The maximum Gasteiger partial charge on any atom is 0.194 e. The number of benzene rings is 1. The van der Waals surface area contributed by atoms with Gasteiger partial charge < -0.3 is 19.7 Å². The summed E-state index contributed by atoms with van der Waals surface area (Å²) in [6.45, 7) is 4.27. The number of nitrogens with one attached hydrogen (secondary N) is 1. The summed E-state index contributed by atoms with van der Waals surface area (Å²) in [5, 5.41) is 7.54. The Hall–Kier alpha value is -2.21. The maximum atomic E-state index is 5.48. The molecule has 1 aromatic heterocycles. The highest BCUT2D eigenvalue weighted by atomic mass is 32.1. The van der Waals surface area contributed by atoms with Crippen molar-refractivity contribution < 1.29 is 9.47 Å². The minimum absolute atomic E-state index is 0.677. The van der Waals surface area contributed by atoms with Gasteiger partial charge in [-0.1, -0.05) is 0 Å². The van der Waals surface area contributed by atoms with Crippen LogP contribution >= 0.6 is 11.3 Å². The lowest BCUT2D eigenvalue weighted by molar-refractivity contribution is 0.382. The Morgan fingerprint density at radius 1 is 1.25 bits per heavy atom. The van der Waals surface area contributed by atoms with Crippen molar-refractivity contribution in [2.75, 3.05) is 27.8 Å². The molecule has 0 aliphatic heterocycles. The van der Waals surface area contributed by atoms with Crippen LogP contribution in [0.3, 0.4) is 0 Å². The van der Waals surface area contributed by atoms with Gasteiger partial charge in [-0.25, -0.2) is 4.99 Å². The van der Waals surface area contributed by atoms with Gasteiger partial charge in [-0.05, 0) is 41.4 Å². The zero-order valence-corrected chi connectivity index (χ0v) is 15.5. The van der Waals surface area contributed by atoms with Crippen molar-refractivity contribution in [1.29, 1.82) is 0 Å². The summed E-state index contributed by atoms with van der Waals surface area (Å²) in [6.07, 6.45) is 0. The molecule has 0 atom stereocenters. The second-order valence-electron chi connectivity index (χ2n) is 5.34. The molecule has 1 aromatic carbocycles. The molecular weight excluding hydrogens is 322 g/mol. The minimum Gasteiger partial charge on any atom is -0.497 e. The van der Waals surface area contributed by atoms with Crippen molar-refractivity contribution in [3.05, 3.63) is 46.2 Å². The monoisotopic (exact) mass is 347 g/mol. The molecule has 0 saturated carbocycles. The first kappa shape index (κ1) is 18.1. The van der Waals surface area contributed by atoms with E-state index in [1.54, 1.807) is 25.6 Å². The standard InChI is InChI=1S/C18H25N3O2S/c1-5-19-18(20-11-14-8-9-24-13-14)21(2)12-15-6-7-16(22-3)10-17(15)23-4/h6-10,13H,5,11-12H2,1-4H3,(H,19,20). The van der Waals surface area contributed by atoms with Crippen LogP contribution in [0.25, 0.3) is 0 Å². The quantitative estimate of drug-likeness (QED) is 0.616. The van der Waals surface area contributed by atoms with Gasteiger partial charge in [0.25, 0.3) is 0 Å². The number of ether oxygens (including phenoxy) is 2. The normalized spacial score (nSPS) is 11.2. The van der Waals surface area contributed by atoms with E-state index in [-0.39, 0.29) is 0 Å². The fourth-order valence-corrected chi connectivity index (χ4v) is 2.99. The van der Waals surface area contributed by atoms with E-state index in [1.807, 2.05) is 25.2 Å². The summed E-state index contributed by atoms with van der Waals surface area (Å²) in [7, 11) is 5.36. The van der Waals surface area contributed by atoms with E-state index < -0.39 is 0 Å². The van der Waals surface area contributed by atoms with Crippen LogP contribution in [0.1, 0.15) is 18.1 Å². The smallest absolute Gasteiger partial charge is 0.194 e. The second kappa shape index (κ2) is 9.17. The zero-order valence-electron chi connectivity index (χ0n) is 14.7. The number of rotatable bonds is 7. The molecule has 0 bridgehead atoms. The molecule has 2 aromatic rings. The molecule has 130 valence electrons. The number of thiophene rings is 1. The van der Waals surface area contributed by atoms with Gasteiger partial charge in [0, 0.05) is 31.8 Å². The molecule has 2 rings (SSSR count). The van der Waals surface area contributed by atoms with E-state index >= 15 is 0 Å². The maximum absolute atomic E-state index is 5.48. The van der Waals surface area contributed by atoms with E-state index in [0.29, 0.717) is 13.1 Å². The van der Waals surface area contributed by atoms with Crippen molar-refractivity contribution in [3.63, 3.8) is 0 Å². The highest BCUT2D eigenvalue weighted by Crippen LogP contribution is 2.25. The third kappa shape index (κ3) is 4.89. The first-order valence-electron chi connectivity index (χ1n) is 7.89. The molecule has 0 unspecified atom stereocenters. The summed E-state index contributed by atoms with van der Waals surface area (Å²) in [6, 6.07) is 7.97. The van der Waals surface area contributed by atoms with Gasteiger partial charge in [-0.2, -0.15) is 11.3 Å². The van der Waals surface area contributed by atoms with E-state index in [0.717, 1.165) is 29.6 Å². The summed E-state index contributed by atoms with van der Waals surface area (Å²) >= 11 is 1.69. The Bertz CT molecular complexity index is 656. The molecule has 0 radical (unpaired) electrons. The summed E-state index contributed by atoms with van der Waals surface area (Å²) in [5.41, 5.74) is 2.31. The Morgan fingerprint density at radius 2 is 2.08 bits per heavy atom. The molecule has 5 nitrogen and oxygen atoms in total. The van der Waals surface area contributed by atoms with Gasteiger partial charge in [-0.3, -0.25) is 0 Å². The molecule has 0 amide bonds. The van der Waals surface area contributed by atoms with Crippen LogP contribution in [0.2, 0.25) is 0 Å². The third-order valence-corrected chi connectivity index (χ3v) is 4.32. The SMILES string of the molecule is CCNC(=NCc1ccsc1)N(C)Cc1ccc(OC)cc1OC. The van der Waals surface area contributed by atoms with Crippen LogP contribution < -0.4 is 14.8 Å². The van der Waals surface area contributed by atoms with Gasteiger partial charge in [0.1, 0.15) is 11.5 Å². The van der Waals surface area contributed by atoms with Crippen LogP contribution in [0.5, 0.6) is 11.5 Å². The van der Waals surface area contributed by atoms with Crippen molar-refractivity contribution in [2.24, 2.45) is 4.99 Å². The Balaban J connectivity index is 2.12. The lowest BCUT2D eigenvalue weighted by atomic mass is 10.2. The van der Waals surface area contributed by atoms with Gasteiger partial charge in [0.05, 0.1) is 20.8 Å². The highest BCUT2D eigenvalue weighted by molar-refractivity contribution is 7.07. The fraction of sp³-hybridized carbons (Fsp3) is 0.389. The van der Waals surface area contributed by atoms with E-state index in [1.165, 1.54) is 5.56 Å². The van der Waals surface area contributed by atoms with Crippen molar-refractivity contribution in [2.45, 2.75) is 20.0 Å². The topological polar surface area (TPSA) is 46.1 Å². The van der Waals surface area contributed by atoms with Crippen LogP contribution in [0, 0.1) is 0 Å². The lowest BCUT2D eigenvalue weighted by Crippen LogP contribution is -2.38. The van der Waals surface area contributed by atoms with E-state index in [4.69, 9.17) is 14.5 Å².